The smallest absolute Gasteiger partial charge is 0.265 e. The highest BCUT2D eigenvalue weighted by molar-refractivity contribution is 7.20. The number of anilines is 1. The van der Waals surface area contributed by atoms with Crippen LogP contribution < -0.4 is 10.1 Å². The first-order valence-corrected chi connectivity index (χ1v) is 9.87. The van der Waals surface area contributed by atoms with Crippen LogP contribution in [-0.4, -0.2) is 22.8 Å². The molecule has 2 aromatic carbocycles. The molecule has 2 aromatic heterocycles. The van der Waals surface area contributed by atoms with Crippen molar-refractivity contribution in [2.75, 3.05) is 12.4 Å². The van der Waals surface area contributed by atoms with Gasteiger partial charge in [0.25, 0.3) is 5.91 Å². The molecule has 0 saturated heterocycles. The largest absolute Gasteiger partial charge is 0.495 e. The number of hydrogen-bond acceptors (Lipinski definition) is 4. The van der Waals surface area contributed by atoms with Crippen molar-refractivity contribution in [3.05, 3.63) is 69.7 Å². The number of ether oxygens (including phenoxy) is 1. The number of halogens is 1. The molecule has 0 atom stereocenters. The van der Waals surface area contributed by atoms with E-state index in [4.69, 9.17) is 16.3 Å². The SMILES string of the molecule is COc1ccc(Cl)cc1NC(=O)c1cc2c(C)nn(-c3ccc(C)cc3)c2s1. The van der Waals surface area contributed by atoms with Crippen molar-refractivity contribution in [2.45, 2.75) is 13.8 Å². The summed E-state index contributed by atoms with van der Waals surface area (Å²) in [6.07, 6.45) is 0. The van der Waals surface area contributed by atoms with E-state index in [0.29, 0.717) is 21.3 Å². The summed E-state index contributed by atoms with van der Waals surface area (Å²) in [6, 6.07) is 15.1. The molecule has 0 saturated carbocycles. The van der Waals surface area contributed by atoms with E-state index in [-0.39, 0.29) is 5.91 Å². The van der Waals surface area contributed by atoms with Gasteiger partial charge >= 0.3 is 0 Å². The lowest BCUT2D eigenvalue weighted by Crippen LogP contribution is -2.11. The number of carbonyl (C=O) groups excluding carboxylic acids is 1. The van der Waals surface area contributed by atoms with Gasteiger partial charge in [0.1, 0.15) is 10.6 Å². The van der Waals surface area contributed by atoms with E-state index in [0.717, 1.165) is 21.6 Å². The lowest BCUT2D eigenvalue weighted by Gasteiger charge is -2.09. The number of thiophene rings is 1. The van der Waals surface area contributed by atoms with E-state index in [1.807, 2.05) is 48.9 Å². The van der Waals surface area contributed by atoms with Gasteiger partial charge < -0.3 is 10.1 Å². The molecule has 1 N–H and O–H groups in total. The van der Waals surface area contributed by atoms with Gasteiger partial charge in [-0.3, -0.25) is 4.79 Å². The van der Waals surface area contributed by atoms with E-state index in [9.17, 15) is 4.79 Å². The zero-order chi connectivity index (χ0) is 19.8. The topological polar surface area (TPSA) is 56.1 Å². The van der Waals surface area contributed by atoms with Crippen molar-refractivity contribution >= 4 is 44.7 Å². The number of nitrogens with zero attached hydrogens (tertiary/aromatic N) is 2. The second-order valence-corrected chi connectivity index (χ2v) is 7.93. The van der Waals surface area contributed by atoms with E-state index < -0.39 is 0 Å². The van der Waals surface area contributed by atoms with Crippen molar-refractivity contribution in [2.24, 2.45) is 0 Å². The van der Waals surface area contributed by atoms with Crippen LogP contribution in [0.15, 0.2) is 48.5 Å². The first-order valence-electron chi connectivity index (χ1n) is 8.67. The molecule has 0 bridgehead atoms. The van der Waals surface area contributed by atoms with Crippen molar-refractivity contribution in [1.82, 2.24) is 9.78 Å². The van der Waals surface area contributed by atoms with Crippen LogP contribution in [0.4, 0.5) is 5.69 Å². The van der Waals surface area contributed by atoms with Crippen LogP contribution >= 0.6 is 22.9 Å². The van der Waals surface area contributed by atoms with Crippen molar-refractivity contribution in [3.8, 4) is 11.4 Å². The number of methoxy groups -OCH3 is 1. The van der Waals surface area contributed by atoms with Gasteiger partial charge in [0.15, 0.2) is 0 Å². The summed E-state index contributed by atoms with van der Waals surface area (Å²) in [5.74, 6) is 0.345. The molecule has 1 amide bonds. The van der Waals surface area contributed by atoms with Gasteiger partial charge in [-0.1, -0.05) is 29.3 Å². The molecule has 0 unspecified atom stereocenters. The second-order valence-electron chi connectivity index (χ2n) is 6.46. The van der Waals surface area contributed by atoms with Crippen molar-refractivity contribution in [3.63, 3.8) is 0 Å². The Morgan fingerprint density at radius 1 is 1.14 bits per heavy atom. The van der Waals surface area contributed by atoms with E-state index in [2.05, 4.69) is 10.4 Å². The highest BCUT2D eigenvalue weighted by atomic mass is 35.5. The third-order valence-corrected chi connectivity index (χ3v) is 5.80. The lowest BCUT2D eigenvalue weighted by molar-refractivity contribution is 0.103. The van der Waals surface area contributed by atoms with E-state index in [1.165, 1.54) is 16.9 Å². The predicted octanol–water partition coefficient (Wildman–Crippen LogP) is 5.62. The molecule has 28 heavy (non-hydrogen) atoms. The third-order valence-electron chi connectivity index (χ3n) is 4.46. The Kier molecular flexibility index (Phi) is 4.83. The summed E-state index contributed by atoms with van der Waals surface area (Å²) in [7, 11) is 1.55. The van der Waals surface area contributed by atoms with Gasteiger partial charge in [-0.2, -0.15) is 5.10 Å². The normalized spacial score (nSPS) is 11.0. The standard InChI is InChI=1S/C21H18ClN3O2S/c1-12-4-7-15(8-5-12)25-21-16(13(2)24-25)11-19(28-21)20(26)23-17-10-14(22)6-9-18(17)27-3/h4-11H,1-3H3,(H,23,26). The fourth-order valence-corrected chi connectivity index (χ4v) is 4.23. The highest BCUT2D eigenvalue weighted by Crippen LogP contribution is 2.32. The lowest BCUT2D eigenvalue weighted by atomic mass is 10.2. The first-order chi connectivity index (χ1) is 13.5. The van der Waals surface area contributed by atoms with Crippen LogP contribution in [0.3, 0.4) is 0 Å². The Balaban J connectivity index is 1.70. The maximum atomic E-state index is 12.8. The Bertz CT molecular complexity index is 1180. The monoisotopic (exact) mass is 411 g/mol. The summed E-state index contributed by atoms with van der Waals surface area (Å²) >= 11 is 7.46. The molecule has 142 valence electrons. The number of aryl methyl sites for hydroxylation is 2. The zero-order valence-corrected chi connectivity index (χ0v) is 17.2. The third kappa shape index (κ3) is 3.37. The minimum Gasteiger partial charge on any atom is -0.495 e. The van der Waals surface area contributed by atoms with Crippen LogP contribution in [0.5, 0.6) is 5.75 Å². The number of aromatic nitrogens is 2. The summed E-state index contributed by atoms with van der Waals surface area (Å²) in [6.45, 7) is 3.99. The first kappa shape index (κ1) is 18.5. The number of amides is 1. The molecule has 0 aliphatic carbocycles. The fourth-order valence-electron chi connectivity index (χ4n) is 2.98. The molecule has 4 aromatic rings. The Hall–Kier alpha value is -2.83. The van der Waals surface area contributed by atoms with Crippen molar-refractivity contribution < 1.29 is 9.53 Å². The molecular weight excluding hydrogens is 394 g/mol. The molecule has 0 radical (unpaired) electrons. The minimum atomic E-state index is -0.211. The van der Waals surface area contributed by atoms with Gasteiger partial charge in [-0.15, -0.1) is 11.3 Å². The van der Waals surface area contributed by atoms with Crippen molar-refractivity contribution in [1.29, 1.82) is 0 Å². The summed E-state index contributed by atoms with van der Waals surface area (Å²) in [4.78, 5) is 14.4. The van der Waals surface area contributed by atoms with Gasteiger partial charge in [-0.25, -0.2) is 4.68 Å². The molecule has 5 nitrogen and oxygen atoms in total. The van der Waals surface area contributed by atoms with Crippen LogP contribution in [0.1, 0.15) is 20.9 Å². The molecule has 4 rings (SSSR count). The van der Waals surface area contributed by atoms with Gasteiger partial charge in [0, 0.05) is 10.4 Å². The van der Waals surface area contributed by atoms with E-state index >= 15 is 0 Å². The average molecular weight is 412 g/mol. The number of nitrogens with one attached hydrogen (secondary N) is 1. The predicted molar refractivity (Wildman–Crippen MR) is 114 cm³/mol. The Labute approximate surface area is 171 Å². The highest BCUT2D eigenvalue weighted by Gasteiger charge is 2.18. The number of carbonyl (C=O) groups is 1. The quantitative estimate of drug-likeness (QED) is 0.474. The van der Waals surface area contributed by atoms with Crippen LogP contribution in [0.25, 0.3) is 15.9 Å². The van der Waals surface area contributed by atoms with E-state index in [1.54, 1.807) is 25.3 Å². The number of rotatable bonds is 4. The Morgan fingerprint density at radius 2 is 1.89 bits per heavy atom. The molecule has 7 heteroatoms. The Morgan fingerprint density at radius 3 is 2.61 bits per heavy atom. The zero-order valence-electron chi connectivity index (χ0n) is 15.6. The number of benzene rings is 2. The van der Waals surface area contributed by atoms with Crippen LogP contribution in [-0.2, 0) is 0 Å². The van der Waals surface area contributed by atoms with Crippen LogP contribution in [0, 0.1) is 13.8 Å². The molecule has 0 aliphatic rings. The molecule has 0 aliphatic heterocycles. The summed E-state index contributed by atoms with van der Waals surface area (Å²) < 4.78 is 7.18. The van der Waals surface area contributed by atoms with Gasteiger partial charge in [0.2, 0.25) is 0 Å². The van der Waals surface area contributed by atoms with Gasteiger partial charge in [-0.05, 0) is 50.2 Å². The number of hydrogen-bond donors (Lipinski definition) is 1. The van der Waals surface area contributed by atoms with Gasteiger partial charge in [0.05, 0.1) is 29.1 Å². The molecule has 0 fully saturated rings. The number of fused-ring (bicyclic) bond motifs is 1. The summed E-state index contributed by atoms with van der Waals surface area (Å²) in [5.41, 5.74) is 3.57. The summed E-state index contributed by atoms with van der Waals surface area (Å²) in [5, 5.41) is 9.01. The molecule has 2 heterocycles. The maximum Gasteiger partial charge on any atom is 0.265 e. The molecule has 0 spiro atoms. The molecular formula is C21H18ClN3O2S. The second kappa shape index (κ2) is 7.30. The average Bonchev–Trinajstić information content (AvgIpc) is 3.24. The fraction of sp³-hybridized carbons (Fsp3) is 0.143. The van der Waals surface area contributed by atoms with Crippen LogP contribution in [0.2, 0.25) is 5.02 Å². The maximum absolute atomic E-state index is 12.8. The minimum absolute atomic E-state index is 0.211.